The van der Waals surface area contributed by atoms with E-state index in [0.29, 0.717) is 18.3 Å². The lowest BCUT2D eigenvalue weighted by Gasteiger charge is -2.39. The molecule has 2 aliphatic rings. The van der Waals surface area contributed by atoms with Gasteiger partial charge < -0.3 is 19.0 Å². The third-order valence-electron chi connectivity index (χ3n) is 6.75. The number of hydrogen-bond donors (Lipinski definition) is 0. The first kappa shape index (κ1) is 22.5. The molecule has 0 bridgehead atoms. The van der Waals surface area contributed by atoms with E-state index in [4.69, 9.17) is 9.15 Å². The molecule has 0 aliphatic carbocycles. The first-order chi connectivity index (χ1) is 16.8. The number of rotatable bonds is 7. The number of benzene rings is 1. The van der Waals surface area contributed by atoms with Gasteiger partial charge >= 0.3 is 0 Å². The Morgan fingerprint density at radius 3 is 2.62 bits per heavy atom. The number of pyridine rings is 1. The Bertz CT molecular complexity index is 1050. The van der Waals surface area contributed by atoms with Gasteiger partial charge in [0, 0.05) is 57.6 Å². The fourth-order valence-corrected chi connectivity index (χ4v) is 4.92. The molecule has 7 heteroatoms. The summed E-state index contributed by atoms with van der Waals surface area (Å²) in [5.74, 6) is 2.70. The average Bonchev–Trinajstić information content (AvgIpc) is 3.37. The van der Waals surface area contributed by atoms with E-state index in [1.54, 1.807) is 6.26 Å². The van der Waals surface area contributed by atoms with E-state index in [-0.39, 0.29) is 5.91 Å². The Kier molecular flexibility index (Phi) is 7.10. The zero-order valence-corrected chi connectivity index (χ0v) is 19.5. The number of ether oxygens (including phenoxy) is 1. The van der Waals surface area contributed by atoms with E-state index in [9.17, 15) is 4.79 Å². The molecule has 5 rings (SSSR count). The van der Waals surface area contributed by atoms with E-state index in [2.05, 4.69) is 20.9 Å². The molecule has 2 saturated heterocycles. The van der Waals surface area contributed by atoms with Crippen LogP contribution in [0.15, 0.2) is 71.5 Å². The molecule has 2 fully saturated rings. The topological polar surface area (TPSA) is 62.1 Å². The fourth-order valence-electron chi connectivity index (χ4n) is 4.92. The normalized spacial score (nSPS) is 19.2. The third kappa shape index (κ3) is 5.42. The van der Waals surface area contributed by atoms with Crippen LogP contribution in [0.4, 0.5) is 5.82 Å². The number of para-hydroxylation sites is 1. The largest absolute Gasteiger partial charge is 0.489 e. The van der Waals surface area contributed by atoms with Crippen LogP contribution in [0, 0.1) is 5.92 Å². The Hall–Kier alpha value is -3.32. The molecule has 1 unspecified atom stereocenters. The van der Waals surface area contributed by atoms with E-state index in [1.165, 1.54) is 0 Å². The second kappa shape index (κ2) is 10.7. The highest BCUT2D eigenvalue weighted by Crippen LogP contribution is 2.23. The van der Waals surface area contributed by atoms with E-state index in [1.807, 2.05) is 59.6 Å². The Labute approximate surface area is 200 Å². The number of amides is 1. The van der Waals surface area contributed by atoms with Crippen molar-refractivity contribution in [3.8, 4) is 5.75 Å². The molecular weight excluding hydrogens is 428 g/mol. The lowest BCUT2D eigenvalue weighted by atomic mass is 9.96. The standard InChI is InChI=1S/C27H32N4O3/c32-27(26-23(11-18-33-26)21-34-24-8-2-1-3-9-24)31-13-6-7-22(20-31)19-29-14-16-30(17-15-29)25-10-4-5-12-28-25/h1-5,8-12,18,22H,6-7,13-17,19-21H2. The van der Waals surface area contributed by atoms with Crippen LogP contribution in [-0.2, 0) is 6.61 Å². The summed E-state index contributed by atoms with van der Waals surface area (Å²) in [5.41, 5.74) is 0.793. The molecule has 0 spiro atoms. The first-order valence-corrected chi connectivity index (χ1v) is 12.2. The van der Waals surface area contributed by atoms with Crippen molar-refractivity contribution >= 4 is 11.7 Å². The number of furan rings is 1. The number of aromatic nitrogens is 1. The van der Waals surface area contributed by atoms with E-state index in [0.717, 1.165) is 75.8 Å². The van der Waals surface area contributed by atoms with Gasteiger partial charge in [0.1, 0.15) is 18.2 Å². The Morgan fingerprint density at radius 2 is 1.82 bits per heavy atom. The van der Waals surface area contributed by atoms with Crippen LogP contribution in [0.5, 0.6) is 5.75 Å². The summed E-state index contributed by atoms with van der Waals surface area (Å²) in [6, 6.07) is 17.5. The van der Waals surface area contributed by atoms with E-state index < -0.39 is 0 Å². The molecule has 1 aromatic carbocycles. The summed E-state index contributed by atoms with van der Waals surface area (Å²) in [5, 5.41) is 0. The maximum Gasteiger partial charge on any atom is 0.289 e. The molecule has 0 N–H and O–H groups in total. The van der Waals surface area contributed by atoms with Crippen molar-refractivity contribution in [1.29, 1.82) is 0 Å². The van der Waals surface area contributed by atoms with Crippen LogP contribution in [0.1, 0.15) is 29.0 Å². The minimum Gasteiger partial charge on any atom is -0.489 e. The number of hydrogen-bond acceptors (Lipinski definition) is 6. The number of piperidine rings is 1. The van der Waals surface area contributed by atoms with Gasteiger partial charge in [-0.15, -0.1) is 0 Å². The minimum atomic E-state index is -0.0265. The summed E-state index contributed by atoms with van der Waals surface area (Å²) >= 11 is 0. The monoisotopic (exact) mass is 460 g/mol. The molecule has 0 radical (unpaired) electrons. The van der Waals surface area contributed by atoms with Crippen LogP contribution in [-0.4, -0.2) is 66.5 Å². The summed E-state index contributed by atoms with van der Waals surface area (Å²) < 4.78 is 11.5. The molecular formula is C27H32N4O3. The van der Waals surface area contributed by atoms with Crippen LogP contribution in [0.3, 0.4) is 0 Å². The highest BCUT2D eigenvalue weighted by Gasteiger charge is 2.29. The summed E-state index contributed by atoms with van der Waals surface area (Å²) in [6.45, 7) is 6.94. The molecule has 178 valence electrons. The van der Waals surface area contributed by atoms with Gasteiger partial charge in [-0.05, 0) is 49.1 Å². The molecule has 1 atom stereocenters. The number of carbonyl (C=O) groups is 1. The van der Waals surface area contributed by atoms with Gasteiger partial charge in [0.05, 0.1) is 6.26 Å². The zero-order valence-electron chi connectivity index (χ0n) is 19.5. The SMILES string of the molecule is O=C(c1occc1COc1ccccc1)N1CCCC(CN2CCN(c3ccccn3)CC2)C1. The van der Waals surface area contributed by atoms with Gasteiger partial charge in [0.15, 0.2) is 5.76 Å². The fraction of sp³-hybridized carbons (Fsp3) is 0.407. The molecule has 7 nitrogen and oxygen atoms in total. The average molecular weight is 461 g/mol. The van der Waals surface area contributed by atoms with Crippen molar-refractivity contribution in [1.82, 2.24) is 14.8 Å². The molecule has 0 saturated carbocycles. The van der Waals surface area contributed by atoms with Crippen molar-refractivity contribution in [3.05, 3.63) is 78.4 Å². The van der Waals surface area contributed by atoms with Crippen molar-refractivity contribution in [2.45, 2.75) is 19.4 Å². The van der Waals surface area contributed by atoms with Gasteiger partial charge in [-0.25, -0.2) is 4.98 Å². The van der Waals surface area contributed by atoms with Crippen molar-refractivity contribution in [2.24, 2.45) is 5.92 Å². The van der Waals surface area contributed by atoms with Crippen molar-refractivity contribution < 1.29 is 13.9 Å². The number of piperazine rings is 1. The third-order valence-corrected chi connectivity index (χ3v) is 6.75. The van der Waals surface area contributed by atoms with Crippen molar-refractivity contribution in [3.63, 3.8) is 0 Å². The summed E-state index contributed by atoms with van der Waals surface area (Å²) in [4.78, 5) is 24.6. The van der Waals surface area contributed by atoms with Crippen LogP contribution < -0.4 is 9.64 Å². The molecule has 3 aromatic rings. The number of nitrogens with zero attached hydrogens (tertiary/aromatic N) is 4. The molecule has 4 heterocycles. The summed E-state index contributed by atoms with van der Waals surface area (Å²) in [7, 11) is 0. The van der Waals surface area contributed by atoms with Gasteiger partial charge in [-0.3, -0.25) is 9.69 Å². The first-order valence-electron chi connectivity index (χ1n) is 12.2. The predicted molar refractivity (Wildman–Crippen MR) is 131 cm³/mol. The number of likely N-dealkylation sites (tertiary alicyclic amines) is 1. The predicted octanol–water partition coefficient (Wildman–Crippen LogP) is 3.93. The lowest BCUT2D eigenvalue weighted by molar-refractivity contribution is 0.0603. The Balaban J connectivity index is 1.13. The molecule has 2 aliphatic heterocycles. The molecule has 1 amide bonds. The van der Waals surface area contributed by atoms with Crippen LogP contribution >= 0.6 is 0 Å². The van der Waals surface area contributed by atoms with Gasteiger partial charge in [0.2, 0.25) is 0 Å². The zero-order chi connectivity index (χ0) is 23.2. The van der Waals surface area contributed by atoms with E-state index >= 15 is 0 Å². The minimum absolute atomic E-state index is 0.0265. The smallest absolute Gasteiger partial charge is 0.289 e. The quantitative estimate of drug-likeness (QED) is 0.533. The maximum atomic E-state index is 13.3. The van der Waals surface area contributed by atoms with Crippen molar-refractivity contribution in [2.75, 3.05) is 50.7 Å². The van der Waals surface area contributed by atoms with Gasteiger partial charge in [0.25, 0.3) is 5.91 Å². The number of anilines is 1. The second-order valence-electron chi connectivity index (χ2n) is 9.11. The van der Waals surface area contributed by atoms with Gasteiger partial charge in [-0.1, -0.05) is 24.3 Å². The number of carbonyl (C=O) groups excluding carboxylic acids is 1. The lowest BCUT2D eigenvalue weighted by Crippen LogP contribution is -2.50. The molecule has 34 heavy (non-hydrogen) atoms. The molecule has 2 aromatic heterocycles. The maximum absolute atomic E-state index is 13.3. The van der Waals surface area contributed by atoms with Crippen LogP contribution in [0.25, 0.3) is 0 Å². The Morgan fingerprint density at radius 1 is 1.00 bits per heavy atom. The highest BCUT2D eigenvalue weighted by atomic mass is 16.5. The second-order valence-corrected chi connectivity index (χ2v) is 9.11. The summed E-state index contributed by atoms with van der Waals surface area (Å²) in [6.07, 6.45) is 5.63. The highest BCUT2D eigenvalue weighted by molar-refractivity contribution is 5.93. The van der Waals surface area contributed by atoms with Crippen LogP contribution in [0.2, 0.25) is 0 Å². The van der Waals surface area contributed by atoms with Gasteiger partial charge in [-0.2, -0.15) is 0 Å².